The van der Waals surface area contributed by atoms with Gasteiger partial charge in [-0.2, -0.15) is 5.10 Å². The average Bonchev–Trinajstić information content (AvgIpc) is 3.00. The molecule has 0 aliphatic heterocycles. The van der Waals surface area contributed by atoms with Crippen molar-refractivity contribution < 1.29 is 5.11 Å². The number of aliphatic hydroxyl groups is 1. The lowest BCUT2D eigenvalue weighted by Crippen LogP contribution is -2.30. The van der Waals surface area contributed by atoms with E-state index in [9.17, 15) is 5.11 Å². The molecule has 0 aliphatic rings. The minimum atomic E-state index is -0.407. The molecule has 5 heteroatoms. The highest BCUT2D eigenvalue weighted by Gasteiger charge is 2.06. The summed E-state index contributed by atoms with van der Waals surface area (Å²) in [5.41, 5.74) is 1.40. The summed E-state index contributed by atoms with van der Waals surface area (Å²) in [5, 5.41) is 19.3. The van der Waals surface area contributed by atoms with Crippen molar-refractivity contribution in [3.8, 4) is 0 Å². The van der Waals surface area contributed by atoms with Crippen molar-refractivity contribution in [3.05, 3.63) is 40.3 Å². The van der Waals surface area contributed by atoms with Crippen molar-refractivity contribution in [2.45, 2.75) is 32.5 Å². The summed E-state index contributed by atoms with van der Waals surface area (Å²) in [6, 6.07) is 4.03. The minimum absolute atomic E-state index is 0.407. The second-order valence-electron chi connectivity index (χ2n) is 4.24. The molecule has 2 aromatic heterocycles. The van der Waals surface area contributed by atoms with Gasteiger partial charge in [0.2, 0.25) is 0 Å². The average molecular weight is 265 g/mol. The summed E-state index contributed by atoms with van der Waals surface area (Å²) in [4.78, 5) is 1.36. The number of rotatable bonds is 7. The van der Waals surface area contributed by atoms with E-state index in [0.717, 1.165) is 13.0 Å². The fraction of sp³-hybridized carbons (Fsp3) is 0.462. The zero-order chi connectivity index (χ0) is 12.8. The molecule has 2 rings (SSSR count). The number of hydrogen-bond acceptors (Lipinski definition) is 4. The number of aliphatic hydroxyl groups excluding tert-OH is 1. The van der Waals surface area contributed by atoms with Crippen LogP contribution in [0.25, 0.3) is 0 Å². The first-order valence-corrected chi connectivity index (χ1v) is 7.09. The lowest BCUT2D eigenvalue weighted by molar-refractivity contribution is 0.146. The third kappa shape index (κ3) is 3.66. The first-order valence-electron chi connectivity index (χ1n) is 6.21. The van der Waals surface area contributed by atoms with Gasteiger partial charge in [0.15, 0.2) is 0 Å². The van der Waals surface area contributed by atoms with Crippen molar-refractivity contribution >= 4 is 11.3 Å². The first kappa shape index (κ1) is 13.3. The third-order valence-electron chi connectivity index (χ3n) is 2.84. The third-order valence-corrected chi connectivity index (χ3v) is 3.80. The minimum Gasteiger partial charge on any atom is -0.390 e. The quantitative estimate of drug-likeness (QED) is 0.800. The molecule has 0 bridgehead atoms. The molecule has 1 atom stereocenters. The van der Waals surface area contributed by atoms with Crippen LogP contribution >= 0.6 is 11.3 Å². The molecule has 98 valence electrons. The van der Waals surface area contributed by atoms with Crippen LogP contribution in [0.3, 0.4) is 0 Å². The molecular formula is C13H19N3OS. The van der Waals surface area contributed by atoms with Crippen LogP contribution in [0.5, 0.6) is 0 Å². The SMILES string of the molecule is CCc1ccsc1CNCC(O)Cn1cccn1. The standard InChI is InChI=1S/C13H19N3OS/c1-2-11-4-7-18-13(11)9-14-8-12(17)10-16-6-3-5-15-16/h3-7,12,14,17H,2,8-10H2,1H3. The molecule has 1 unspecified atom stereocenters. The van der Waals surface area contributed by atoms with Crippen LogP contribution in [0.2, 0.25) is 0 Å². The number of hydrogen-bond donors (Lipinski definition) is 2. The molecule has 2 aromatic rings. The fourth-order valence-corrected chi connectivity index (χ4v) is 2.82. The van der Waals surface area contributed by atoms with Gasteiger partial charge in [0.1, 0.15) is 0 Å². The van der Waals surface area contributed by atoms with E-state index in [1.807, 2.05) is 12.3 Å². The van der Waals surface area contributed by atoms with Crippen LogP contribution in [0.1, 0.15) is 17.4 Å². The Morgan fingerprint density at radius 2 is 2.44 bits per heavy atom. The van der Waals surface area contributed by atoms with Gasteiger partial charge in [-0.3, -0.25) is 4.68 Å². The van der Waals surface area contributed by atoms with Crippen LogP contribution in [0, 0.1) is 0 Å². The number of nitrogens with one attached hydrogen (secondary N) is 1. The molecule has 4 nitrogen and oxygen atoms in total. The Morgan fingerprint density at radius 3 is 3.17 bits per heavy atom. The maximum atomic E-state index is 9.86. The number of aryl methyl sites for hydroxylation is 1. The van der Waals surface area contributed by atoms with Crippen molar-refractivity contribution in [3.63, 3.8) is 0 Å². The van der Waals surface area contributed by atoms with Crippen LogP contribution in [-0.2, 0) is 19.5 Å². The Bertz CT molecular complexity index is 453. The molecule has 18 heavy (non-hydrogen) atoms. The summed E-state index contributed by atoms with van der Waals surface area (Å²) < 4.78 is 1.75. The molecule has 0 fully saturated rings. The van der Waals surface area contributed by atoms with Gasteiger partial charge in [-0.15, -0.1) is 11.3 Å². The molecule has 0 amide bonds. The molecular weight excluding hydrogens is 246 g/mol. The van der Waals surface area contributed by atoms with Crippen molar-refractivity contribution in [2.75, 3.05) is 6.54 Å². The Labute approximate surface area is 111 Å². The largest absolute Gasteiger partial charge is 0.390 e. The molecule has 0 saturated heterocycles. The van der Waals surface area contributed by atoms with Crippen molar-refractivity contribution in [1.82, 2.24) is 15.1 Å². The zero-order valence-electron chi connectivity index (χ0n) is 10.5. The normalized spacial score (nSPS) is 12.8. The Balaban J connectivity index is 1.72. The molecule has 0 spiro atoms. The lowest BCUT2D eigenvalue weighted by atomic mass is 10.2. The van der Waals surface area contributed by atoms with Crippen LogP contribution in [-0.4, -0.2) is 27.5 Å². The fourth-order valence-electron chi connectivity index (χ4n) is 1.88. The van der Waals surface area contributed by atoms with E-state index >= 15 is 0 Å². The maximum Gasteiger partial charge on any atom is 0.0860 e. The smallest absolute Gasteiger partial charge is 0.0860 e. The van der Waals surface area contributed by atoms with E-state index in [1.54, 1.807) is 22.2 Å². The lowest BCUT2D eigenvalue weighted by Gasteiger charge is -2.12. The number of aromatic nitrogens is 2. The predicted molar refractivity (Wildman–Crippen MR) is 73.6 cm³/mol. The Morgan fingerprint density at radius 1 is 1.56 bits per heavy atom. The topological polar surface area (TPSA) is 50.1 Å². The summed E-state index contributed by atoms with van der Waals surface area (Å²) >= 11 is 1.77. The van der Waals surface area contributed by atoms with Gasteiger partial charge in [-0.25, -0.2) is 0 Å². The van der Waals surface area contributed by atoms with Crippen LogP contribution < -0.4 is 5.32 Å². The molecule has 2 heterocycles. The molecule has 0 aromatic carbocycles. The molecule has 0 radical (unpaired) electrons. The second kappa shape index (κ2) is 6.68. The van der Waals surface area contributed by atoms with Gasteiger partial charge in [0.25, 0.3) is 0 Å². The van der Waals surface area contributed by atoms with E-state index in [1.165, 1.54) is 10.4 Å². The van der Waals surface area contributed by atoms with E-state index in [2.05, 4.69) is 28.8 Å². The van der Waals surface area contributed by atoms with Gasteiger partial charge >= 0.3 is 0 Å². The first-order chi connectivity index (χ1) is 8.79. The van der Waals surface area contributed by atoms with Gasteiger partial charge in [-0.05, 0) is 29.5 Å². The van der Waals surface area contributed by atoms with Gasteiger partial charge in [-0.1, -0.05) is 6.92 Å². The summed E-state index contributed by atoms with van der Waals surface area (Å²) in [6.07, 6.45) is 4.24. The summed E-state index contributed by atoms with van der Waals surface area (Å²) in [7, 11) is 0. The van der Waals surface area contributed by atoms with Crippen molar-refractivity contribution in [2.24, 2.45) is 0 Å². The summed E-state index contributed by atoms with van der Waals surface area (Å²) in [6.45, 7) is 4.11. The van der Waals surface area contributed by atoms with E-state index in [4.69, 9.17) is 0 Å². The highest BCUT2D eigenvalue weighted by atomic mass is 32.1. The van der Waals surface area contributed by atoms with Crippen molar-refractivity contribution in [1.29, 1.82) is 0 Å². The van der Waals surface area contributed by atoms with E-state index < -0.39 is 6.10 Å². The monoisotopic (exact) mass is 265 g/mol. The second-order valence-corrected chi connectivity index (χ2v) is 5.24. The van der Waals surface area contributed by atoms with E-state index in [-0.39, 0.29) is 0 Å². The molecule has 0 saturated carbocycles. The number of thiophene rings is 1. The van der Waals surface area contributed by atoms with Crippen LogP contribution in [0.15, 0.2) is 29.9 Å². The van der Waals surface area contributed by atoms with Gasteiger partial charge in [0.05, 0.1) is 12.6 Å². The van der Waals surface area contributed by atoms with E-state index in [0.29, 0.717) is 13.1 Å². The maximum absolute atomic E-state index is 9.86. The Kier molecular flexibility index (Phi) is 4.92. The zero-order valence-corrected chi connectivity index (χ0v) is 11.4. The molecule has 0 aliphatic carbocycles. The number of nitrogens with zero attached hydrogens (tertiary/aromatic N) is 2. The van der Waals surface area contributed by atoms with Gasteiger partial charge < -0.3 is 10.4 Å². The van der Waals surface area contributed by atoms with Gasteiger partial charge in [0, 0.05) is 30.4 Å². The highest BCUT2D eigenvalue weighted by Crippen LogP contribution is 2.16. The predicted octanol–water partition coefficient (Wildman–Crippen LogP) is 1.66. The molecule has 2 N–H and O–H groups in total. The Hall–Kier alpha value is -1.17. The highest BCUT2D eigenvalue weighted by molar-refractivity contribution is 7.10. The summed E-state index contributed by atoms with van der Waals surface area (Å²) in [5.74, 6) is 0. The van der Waals surface area contributed by atoms with Crippen LogP contribution in [0.4, 0.5) is 0 Å².